The lowest BCUT2D eigenvalue weighted by atomic mass is 10.2. The summed E-state index contributed by atoms with van der Waals surface area (Å²) in [6, 6.07) is 8.16. The number of nitrogens with zero attached hydrogens (tertiary/aromatic N) is 1. The van der Waals surface area contributed by atoms with Crippen molar-refractivity contribution in [1.29, 1.82) is 0 Å². The van der Waals surface area contributed by atoms with Gasteiger partial charge in [-0.15, -0.1) is 11.3 Å². The highest BCUT2D eigenvalue weighted by molar-refractivity contribution is 7.18. The number of benzene rings is 1. The average molecular weight is 305 g/mol. The molecular weight excluding hydrogens is 282 g/mol. The maximum atomic E-state index is 11.7. The molecule has 1 aromatic carbocycles. The van der Waals surface area contributed by atoms with Crippen LogP contribution in [0.1, 0.15) is 31.2 Å². The second kappa shape index (κ2) is 8.74. The zero-order valence-electron chi connectivity index (χ0n) is 12.5. The monoisotopic (exact) mass is 305 g/mol. The Morgan fingerprint density at radius 1 is 1.24 bits per heavy atom. The minimum absolute atomic E-state index is 0.134. The van der Waals surface area contributed by atoms with Crippen molar-refractivity contribution < 1.29 is 4.79 Å². The largest absolute Gasteiger partial charge is 0.355 e. The molecule has 2 aromatic rings. The first-order valence-electron chi connectivity index (χ1n) is 7.61. The third kappa shape index (κ3) is 5.44. The molecule has 0 unspecified atom stereocenters. The highest BCUT2D eigenvalue weighted by Gasteiger charge is 2.05. The molecule has 0 fully saturated rings. The van der Waals surface area contributed by atoms with Gasteiger partial charge in [-0.3, -0.25) is 4.79 Å². The van der Waals surface area contributed by atoms with Crippen molar-refractivity contribution in [3.8, 4) is 0 Å². The highest BCUT2D eigenvalue weighted by atomic mass is 32.1. The molecule has 4 nitrogen and oxygen atoms in total. The predicted octanol–water partition coefficient (Wildman–Crippen LogP) is 2.73. The molecule has 5 heteroatoms. The molecular formula is C16H23N3OS. The summed E-state index contributed by atoms with van der Waals surface area (Å²) in [5.41, 5.74) is 1.06. The van der Waals surface area contributed by atoms with Gasteiger partial charge in [-0.05, 0) is 37.9 Å². The van der Waals surface area contributed by atoms with E-state index in [-0.39, 0.29) is 5.91 Å². The Labute approximate surface area is 130 Å². The molecule has 21 heavy (non-hydrogen) atoms. The second-order valence-corrected chi connectivity index (χ2v) is 6.14. The number of hydrogen-bond acceptors (Lipinski definition) is 4. The van der Waals surface area contributed by atoms with Gasteiger partial charge in [0.05, 0.1) is 15.2 Å². The van der Waals surface area contributed by atoms with Crippen LogP contribution in [0.3, 0.4) is 0 Å². The Balaban J connectivity index is 1.63. The molecule has 0 saturated heterocycles. The fourth-order valence-corrected chi connectivity index (χ4v) is 3.12. The van der Waals surface area contributed by atoms with Gasteiger partial charge in [0.25, 0.3) is 0 Å². The molecule has 0 atom stereocenters. The lowest BCUT2D eigenvalue weighted by Crippen LogP contribution is -2.31. The minimum Gasteiger partial charge on any atom is -0.355 e. The van der Waals surface area contributed by atoms with E-state index in [1.54, 1.807) is 11.3 Å². The molecule has 0 radical (unpaired) electrons. The number of aryl methyl sites for hydroxylation is 1. The summed E-state index contributed by atoms with van der Waals surface area (Å²) >= 11 is 1.72. The number of thiazole rings is 1. The lowest BCUT2D eigenvalue weighted by Gasteiger charge is -2.05. The summed E-state index contributed by atoms with van der Waals surface area (Å²) in [5.74, 6) is 0.134. The molecule has 0 aliphatic carbocycles. The third-order valence-corrected chi connectivity index (χ3v) is 4.28. The van der Waals surface area contributed by atoms with Gasteiger partial charge in [-0.25, -0.2) is 4.98 Å². The number of para-hydroxylation sites is 1. The van der Waals surface area contributed by atoms with Crippen LogP contribution in [0, 0.1) is 0 Å². The SMILES string of the molecule is CCCNCCNC(=O)CCCc1nc2ccccc2s1. The normalized spacial score (nSPS) is 10.9. The van der Waals surface area contributed by atoms with Gasteiger partial charge >= 0.3 is 0 Å². The molecule has 0 saturated carbocycles. The van der Waals surface area contributed by atoms with Crippen molar-refractivity contribution in [2.24, 2.45) is 0 Å². The van der Waals surface area contributed by atoms with Crippen molar-refractivity contribution in [2.75, 3.05) is 19.6 Å². The van der Waals surface area contributed by atoms with E-state index in [9.17, 15) is 4.79 Å². The standard InChI is InChI=1S/C16H23N3OS/c1-2-10-17-11-12-18-15(20)8-5-9-16-19-13-6-3-4-7-14(13)21-16/h3-4,6-7,17H,2,5,8-12H2,1H3,(H,18,20). The molecule has 1 heterocycles. The summed E-state index contributed by atoms with van der Waals surface area (Å²) in [6.07, 6.45) is 3.43. The Morgan fingerprint density at radius 3 is 2.90 bits per heavy atom. The molecule has 1 aromatic heterocycles. The third-order valence-electron chi connectivity index (χ3n) is 3.18. The van der Waals surface area contributed by atoms with Crippen LogP contribution in [0.15, 0.2) is 24.3 Å². The molecule has 0 aliphatic rings. The smallest absolute Gasteiger partial charge is 0.220 e. The highest BCUT2D eigenvalue weighted by Crippen LogP contribution is 2.22. The maximum Gasteiger partial charge on any atom is 0.220 e. The Morgan fingerprint density at radius 2 is 2.10 bits per heavy atom. The Bertz CT molecular complexity index is 534. The molecule has 0 bridgehead atoms. The number of rotatable bonds is 9. The quantitative estimate of drug-likeness (QED) is 0.700. The molecule has 1 amide bonds. The van der Waals surface area contributed by atoms with Crippen LogP contribution in [-0.2, 0) is 11.2 Å². The number of hydrogen-bond donors (Lipinski definition) is 2. The van der Waals surface area contributed by atoms with Crippen molar-refractivity contribution in [3.05, 3.63) is 29.3 Å². The Kier molecular flexibility index (Phi) is 6.63. The van der Waals surface area contributed by atoms with Gasteiger partial charge in [0.15, 0.2) is 0 Å². The summed E-state index contributed by atoms with van der Waals surface area (Å²) in [6.45, 7) is 4.69. The Hall–Kier alpha value is -1.46. The number of amides is 1. The maximum absolute atomic E-state index is 11.7. The summed E-state index contributed by atoms with van der Waals surface area (Å²) in [7, 11) is 0. The molecule has 0 aliphatic heterocycles. The first-order valence-corrected chi connectivity index (χ1v) is 8.43. The topological polar surface area (TPSA) is 54.0 Å². The summed E-state index contributed by atoms with van der Waals surface area (Å²) in [4.78, 5) is 16.3. The van der Waals surface area contributed by atoms with E-state index in [0.29, 0.717) is 13.0 Å². The van der Waals surface area contributed by atoms with Crippen LogP contribution in [0.2, 0.25) is 0 Å². The van der Waals surface area contributed by atoms with E-state index < -0.39 is 0 Å². The van der Waals surface area contributed by atoms with E-state index in [1.165, 1.54) is 4.70 Å². The van der Waals surface area contributed by atoms with E-state index >= 15 is 0 Å². The number of fused-ring (bicyclic) bond motifs is 1. The van der Waals surface area contributed by atoms with Crippen molar-refractivity contribution >= 4 is 27.5 Å². The fourth-order valence-electron chi connectivity index (χ4n) is 2.11. The van der Waals surface area contributed by atoms with Crippen LogP contribution in [0.4, 0.5) is 0 Å². The first-order chi connectivity index (χ1) is 10.3. The van der Waals surface area contributed by atoms with Crippen LogP contribution in [-0.4, -0.2) is 30.5 Å². The van der Waals surface area contributed by atoms with Gasteiger partial charge in [0.1, 0.15) is 0 Å². The lowest BCUT2D eigenvalue weighted by molar-refractivity contribution is -0.121. The van der Waals surface area contributed by atoms with Gasteiger partial charge < -0.3 is 10.6 Å². The summed E-state index contributed by atoms with van der Waals surface area (Å²) in [5, 5.41) is 7.32. The van der Waals surface area contributed by atoms with Crippen LogP contribution < -0.4 is 10.6 Å². The van der Waals surface area contributed by atoms with Gasteiger partial charge in [0, 0.05) is 19.5 Å². The van der Waals surface area contributed by atoms with Gasteiger partial charge in [-0.2, -0.15) is 0 Å². The molecule has 2 rings (SSSR count). The van der Waals surface area contributed by atoms with E-state index in [2.05, 4.69) is 28.6 Å². The van der Waals surface area contributed by atoms with E-state index in [4.69, 9.17) is 0 Å². The van der Waals surface area contributed by atoms with Crippen molar-refractivity contribution in [1.82, 2.24) is 15.6 Å². The zero-order valence-corrected chi connectivity index (χ0v) is 13.3. The zero-order chi connectivity index (χ0) is 14.9. The van der Waals surface area contributed by atoms with Crippen molar-refractivity contribution in [3.63, 3.8) is 0 Å². The van der Waals surface area contributed by atoms with E-state index in [0.717, 1.165) is 42.9 Å². The van der Waals surface area contributed by atoms with Gasteiger partial charge in [0.2, 0.25) is 5.91 Å². The number of nitrogens with one attached hydrogen (secondary N) is 2. The number of aromatic nitrogens is 1. The van der Waals surface area contributed by atoms with Crippen LogP contribution >= 0.6 is 11.3 Å². The number of carbonyl (C=O) groups excluding carboxylic acids is 1. The van der Waals surface area contributed by atoms with Crippen LogP contribution in [0.25, 0.3) is 10.2 Å². The second-order valence-electron chi connectivity index (χ2n) is 5.03. The molecule has 2 N–H and O–H groups in total. The first kappa shape index (κ1) is 15.9. The van der Waals surface area contributed by atoms with Crippen LogP contribution in [0.5, 0.6) is 0 Å². The molecule has 0 spiro atoms. The molecule has 114 valence electrons. The van der Waals surface area contributed by atoms with E-state index in [1.807, 2.05) is 18.2 Å². The predicted molar refractivity (Wildman–Crippen MR) is 88.7 cm³/mol. The fraction of sp³-hybridized carbons (Fsp3) is 0.500. The van der Waals surface area contributed by atoms with Crippen molar-refractivity contribution in [2.45, 2.75) is 32.6 Å². The minimum atomic E-state index is 0.134. The van der Waals surface area contributed by atoms with Gasteiger partial charge in [-0.1, -0.05) is 19.1 Å². The average Bonchev–Trinajstić information content (AvgIpc) is 2.89. The number of carbonyl (C=O) groups is 1. The summed E-state index contributed by atoms with van der Waals surface area (Å²) < 4.78 is 1.22.